The van der Waals surface area contributed by atoms with Gasteiger partial charge in [0.1, 0.15) is 0 Å². The molecule has 5 aliphatic rings. The van der Waals surface area contributed by atoms with Gasteiger partial charge < -0.3 is 15.7 Å². The highest BCUT2D eigenvalue weighted by Crippen LogP contribution is 2.60. The van der Waals surface area contributed by atoms with Crippen molar-refractivity contribution < 1.29 is 14.7 Å². The van der Waals surface area contributed by atoms with Gasteiger partial charge in [0.25, 0.3) is 0 Å². The lowest BCUT2D eigenvalue weighted by Gasteiger charge is -2.55. The summed E-state index contributed by atoms with van der Waals surface area (Å²) in [5.74, 6) is 3.02. The summed E-state index contributed by atoms with van der Waals surface area (Å²) in [6.07, 6.45) is 10.5. The normalized spacial score (nSPS) is 36.9. The van der Waals surface area contributed by atoms with Crippen LogP contribution in [0.2, 0.25) is 0 Å². The van der Waals surface area contributed by atoms with E-state index in [0.717, 1.165) is 49.9 Å². The molecule has 140 valence electrons. The van der Waals surface area contributed by atoms with E-state index in [4.69, 9.17) is 5.11 Å². The van der Waals surface area contributed by atoms with E-state index in [1.54, 1.807) is 0 Å². The Morgan fingerprint density at radius 2 is 1.64 bits per heavy atom. The summed E-state index contributed by atoms with van der Waals surface area (Å²) in [5, 5.41) is 15.2. The zero-order valence-corrected chi connectivity index (χ0v) is 15.1. The van der Waals surface area contributed by atoms with Crippen LogP contribution in [-0.4, -0.2) is 36.1 Å². The molecule has 5 nitrogen and oxygen atoms in total. The number of carbonyl (C=O) groups excluding carboxylic acids is 2. The Morgan fingerprint density at radius 3 is 2.16 bits per heavy atom. The minimum Gasteiger partial charge on any atom is -0.396 e. The number of nitrogens with one attached hydrogen (secondary N) is 2. The van der Waals surface area contributed by atoms with E-state index in [-0.39, 0.29) is 29.9 Å². The van der Waals surface area contributed by atoms with Crippen LogP contribution in [-0.2, 0) is 9.59 Å². The first-order valence-corrected chi connectivity index (χ1v) is 10.3. The third-order valence-corrected chi connectivity index (χ3v) is 7.14. The Morgan fingerprint density at radius 1 is 1.04 bits per heavy atom. The number of hydrogen-bond acceptors (Lipinski definition) is 3. The van der Waals surface area contributed by atoms with Crippen LogP contribution in [0, 0.1) is 29.1 Å². The van der Waals surface area contributed by atoms with Crippen molar-refractivity contribution in [1.82, 2.24) is 10.6 Å². The number of hydrogen-bond donors (Lipinski definition) is 3. The lowest BCUT2D eigenvalue weighted by atomic mass is 9.49. The molecule has 0 saturated heterocycles. The molecule has 1 atom stereocenters. The molecule has 5 rings (SSSR count). The number of carbonyl (C=O) groups is 2. The SMILES string of the molecule is O=C(CCNC(=O)C12CC3CC(CC(C3)C1)C2)NC(CCO)C1CC1. The molecule has 5 saturated carbocycles. The lowest BCUT2D eigenvalue weighted by Crippen LogP contribution is -2.53. The summed E-state index contributed by atoms with van der Waals surface area (Å²) in [7, 11) is 0. The second-order valence-corrected chi connectivity index (χ2v) is 9.23. The minimum atomic E-state index is -0.126. The van der Waals surface area contributed by atoms with E-state index in [2.05, 4.69) is 10.6 Å². The van der Waals surface area contributed by atoms with E-state index in [1.807, 2.05) is 0 Å². The molecular formula is C20H32N2O3. The second kappa shape index (κ2) is 6.90. The van der Waals surface area contributed by atoms with Crippen LogP contribution < -0.4 is 10.6 Å². The van der Waals surface area contributed by atoms with Gasteiger partial charge in [0, 0.05) is 31.0 Å². The van der Waals surface area contributed by atoms with E-state index in [1.165, 1.54) is 19.3 Å². The summed E-state index contributed by atoms with van der Waals surface area (Å²) in [4.78, 5) is 25.0. The molecule has 1 unspecified atom stereocenters. The van der Waals surface area contributed by atoms with Crippen LogP contribution in [0.3, 0.4) is 0 Å². The largest absolute Gasteiger partial charge is 0.396 e. The van der Waals surface area contributed by atoms with Gasteiger partial charge in [0.05, 0.1) is 0 Å². The van der Waals surface area contributed by atoms with Crippen LogP contribution in [0.4, 0.5) is 0 Å². The molecule has 0 aromatic carbocycles. The van der Waals surface area contributed by atoms with Gasteiger partial charge in [0.2, 0.25) is 11.8 Å². The molecule has 0 aliphatic heterocycles. The average molecular weight is 348 g/mol. The highest BCUT2D eigenvalue weighted by atomic mass is 16.3. The number of amides is 2. The lowest BCUT2D eigenvalue weighted by molar-refractivity contribution is -0.146. The molecule has 5 aliphatic carbocycles. The maximum Gasteiger partial charge on any atom is 0.226 e. The first-order valence-electron chi connectivity index (χ1n) is 10.3. The second-order valence-electron chi connectivity index (χ2n) is 9.23. The third kappa shape index (κ3) is 3.71. The van der Waals surface area contributed by atoms with E-state index >= 15 is 0 Å². The first-order chi connectivity index (χ1) is 12.1. The summed E-state index contributed by atoms with van der Waals surface area (Å²) < 4.78 is 0. The molecule has 3 N–H and O–H groups in total. The molecule has 0 aromatic heterocycles. The summed E-state index contributed by atoms with van der Waals surface area (Å²) >= 11 is 0. The van der Waals surface area contributed by atoms with Gasteiger partial charge in [-0.3, -0.25) is 9.59 Å². The van der Waals surface area contributed by atoms with Crippen molar-refractivity contribution in [3.8, 4) is 0 Å². The van der Waals surface area contributed by atoms with Crippen molar-refractivity contribution in [3.63, 3.8) is 0 Å². The fraction of sp³-hybridized carbons (Fsp3) is 0.900. The Labute approximate surface area is 150 Å². The highest BCUT2D eigenvalue weighted by molar-refractivity contribution is 5.84. The van der Waals surface area contributed by atoms with Crippen molar-refractivity contribution in [2.75, 3.05) is 13.2 Å². The summed E-state index contributed by atoms with van der Waals surface area (Å²) in [6, 6.07) is 0.108. The Hall–Kier alpha value is -1.10. The van der Waals surface area contributed by atoms with Gasteiger partial charge in [-0.15, -0.1) is 0 Å². The fourth-order valence-corrected chi connectivity index (χ4v) is 6.21. The zero-order chi connectivity index (χ0) is 17.4. The smallest absolute Gasteiger partial charge is 0.226 e. The van der Waals surface area contributed by atoms with E-state index in [9.17, 15) is 9.59 Å². The van der Waals surface area contributed by atoms with E-state index < -0.39 is 0 Å². The molecule has 0 heterocycles. The van der Waals surface area contributed by atoms with Crippen molar-refractivity contribution >= 4 is 11.8 Å². The van der Waals surface area contributed by atoms with Crippen molar-refractivity contribution in [3.05, 3.63) is 0 Å². The van der Waals surface area contributed by atoms with E-state index in [0.29, 0.717) is 25.3 Å². The van der Waals surface area contributed by atoms with Gasteiger partial charge in [-0.1, -0.05) is 0 Å². The van der Waals surface area contributed by atoms with Crippen LogP contribution in [0.1, 0.15) is 64.2 Å². The Kier molecular flexibility index (Phi) is 4.78. The van der Waals surface area contributed by atoms with Crippen LogP contribution in [0.25, 0.3) is 0 Å². The van der Waals surface area contributed by atoms with Crippen LogP contribution in [0.5, 0.6) is 0 Å². The zero-order valence-electron chi connectivity index (χ0n) is 15.1. The molecule has 4 bridgehead atoms. The Bertz CT molecular complexity index is 494. The van der Waals surface area contributed by atoms with Crippen molar-refractivity contribution in [2.24, 2.45) is 29.1 Å². The maximum absolute atomic E-state index is 12.8. The van der Waals surface area contributed by atoms with Crippen LogP contribution >= 0.6 is 0 Å². The van der Waals surface area contributed by atoms with Gasteiger partial charge in [-0.25, -0.2) is 0 Å². The average Bonchev–Trinajstić information content (AvgIpc) is 3.38. The molecule has 0 radical (unpaired) electrons. The van der Waals surface area contributed by atoms with Crippen LogP contribution in [0.15, 0.2) is 0 Å². The molecule has 5 fully saturated rings. The molecule has 2 amide bonds. The number of aliphatic hydroxyl groups excluding tert-OH is 1. The molecule has 25 heavy (non-hydrogen) atoms. The summed E-state index contributed by atoms with van der Waals surface area (Å²) in [6.45, 7) is 0.549. The number of rotatable bonds is 8. The minimum absolute atomic E-state index is 0.00355. The van der Waals surface area contributed by atoms with Gasteiger partial charge in [-0.05, 0) is 81.5 Å². The standard InChI is InChI=1S/C20H32N2O3/c23-6-4-17(16-1-2-16)22-18(24)3-5-21-19(25)20-10-13-7-14(11-20)9-15(8-13)12-20/h13-17,23H,1-12H2,(H,21,25)(H,22,24). The van der Waals surface area contributed by atoms with Gasteiger partial charge in [-0.2, -0.15) is 0 Å². The maximum atomic E-state index is 12.8. The predicted molar refractivity (Wildman–Crippen MR) is 94.6 cm³/mol. The highest BCUT2D eigenvalue weighted by Gasteiger charge is 2.54. The van der Waals surface area contributed by atoms with Gasteiger partial charge >= 0.3 is 0 Å². The first kappa shape index (κ1) is 17.3. The Balaban J connectivity index is 1.23. The fourth-order valence-electron chi connectivity index (χ4n) is 6.21. The van der Waals surface area contributed by atoms with Crippen molar-refractivity contribution in [2.45, 2.75) is 70.3 Å². The predicted octanol–water partition coefficient (Wildman–Crippen LogP) is 1.99. The quantitative estimate of drug-likeness (QED) is 0.628. The molecule has 0 spiro atoms. The van der Waals surface area contributed by atoms with Gasteiger partial charge in [0.15, 0.2) is 0 Å². The van der Waals surface area contributed by atoms with Crippen molar-refractivity contribution in [1.29, 1.82) is 0 Å². The monoisotopic (exact) mass is 348 g/mol. The topological polar surface area (TPSA) is 78.4 Å². The number of aliphatic hydroxyl groups is 1. The summed E-state index contributed by atoms with van der Waals surface area (Å²) in [5.41, 5.74) is -0.126. The molecular weight excluding hydrogens is 316 g/mol. The molecule has 0 aromatic rings. The third-order valence-electron chi connectivity index (χ3n) is 7.14. The molecule has 5 heteroatoms.